The van der Waals surface area contributed by atoms with Gasteiger partial charge in [0, 0.05) is 45.8 Å². The first-order valence-electron chi connectivity index (χ1n) is 10.7. The van der Waals surface area contributed by atoms with Crippen LogP contribution in [0.4, 0.5) is 0 Å². The number of likely N-dealkylation sites (tertiary alicyclic amines) is 1. The molecule has 2 aliphatic heterocycles. The first kappa shape index (κ1) is 24.4. The van der Waals surface area contributed by atoms with Gasteiger partial charge in [0.1, 0.15) is 0 Å². The Morgan fingerprint density at radius 3 is 2.62 bits per heavy atom. The molecule has 0 radical (unpaired) electrons. The van der Waals surface area contributed by atoms with Crippen molar-refractivity contribution in [2.75, 3.05) is 53.1 Å². The van der Waals surface area contributed by atoms with Crippen LogP contribution in [0.5, 0.6) is 0 Å². The first-order valence-corrected chi connectivity index (χ1v) is 10.7. The van der Waals surface area contributed by atoms with Crippen molar-refractivity contribution in [3.63, 3.8) is 0 Å². The Morgan fingerprint density at radius 2 is 1.93 bits per heavy atom. The molecule has 7 heteroatoms. The van der Waals surface area contributed by atoms with Crippen LogP contribution < -0.4 is 10.6 Å². The lowest BCUT2D eigenvalue weighted by Crippen LogP contribution is -2.37. The van der Waals surface area contributed by atoms with E-state index in [4.69, 9.17) is 9.47 Å². The summed E-state index contributed by atoms with van der Waals surface area (Å²) in [6, 6.07) is 8.93. The summed E-state index contributed by atoms with van der Waals surface area (Å²) >= 11 is 0. The lowest BCUT2D eigenvalue weighted by Gasteiger charge is -2.15. The summed E-state index contributed by atoms with van der Waals surface area (Å²) in [5, 5.41) is 6.74. The van der Waals surface area contributed by atoms with Gasteiger partial charge in [-0.25, -0.2) is 0 Å². The van der Waals surface area contributed by atoms with Crippen molar-refractivity contribution in [2.45, 2.75) is 38.8 Å². The summed E-state index contributed by atoms with van der Waals surface area (Å²) in [5.41, 5.74) is 2.67. The molecule has 0 saturated carbocycles. The second-order valence-electron chi connectivity index (χ2n) is 7.81. The Hall–Kier alpha value is -0.900. The van der Waals surface area contributed by atoms with Gasteiger partial charge in [0.2, 0.25) is 0 Å². The average Bonchev–Trinajstić information content (AvgIpc) is 3.42. The topological polar surface area (TPSA) is 58.1 Å². The lowest BCUT2D eigenvalue weighted by molar-refractivity contribution is 0.0888. The molecule has 0 aromatic heterocycles. The normalized spacial score (nSPS) is 19.9. The van der Waals surface area contributed by atoms with Crippen molar-refractivity contribution in [2.24, 2.45) is 10.9 Å². The van der Waals surface area contributed by atoms with Crippen molar-refractivity contribution in [3.8, 4) is 0 Å². The molecule has 1 unspecified atom stereocenters. The molecule has 2 saturated heterocycles. The summed E-state index contributed by atoms with van der Waals surface area (Å²) in [5.74, 6) is 1.43. The summed E-state index contributed by atoms with van der Waals surface area (Å²) in [7, 11) is 1.81. The highest BCUT2D eigenvalue weighted by Gasteiger charge is 2.15. The maximum atomic E-state index is 5.74. The largest absolute Gasteiger partial charge is 0.381 e. The zero-order chi connectivity index (χ0) is 19.4. The monoisotopic (exact) mass is 516 g/mol. The molecule has 1 atom stereocenters. The highest BCUT2D eigenvalue weighted by atomic mass is 127. The van der Waals surface area contributed by atoms with E-state index in [2.05, 4.69) is 44.8 Å². The number of ether oxygens (including phenoxy) is 2. The number of hydrogen-bond acceptors (Lipinski definition) is 4. The molecule has 164 valence electrons. The number of hydrogen-bond donors (Lipinski definition) is 2. The molecular weight excluding hydrogens is 479 g/mol. The molecule has 2 N–H and O–H groups in total. The van der Waals surface area contributed by atoms with Crippen LogP contribution in [0.1, 0.15) is 36.8 Å². The Labute approximate surface area is 192 Å². The van der Waals surface area contributed by atoms with E-state index in [9.17, 15) is 0 Å². The molecule has 0 aliphatic carbocycles. The van der Waals surface area contributed by atoms with Gasteiger partial charge in [0.15, 0.2) is 5.96 Å². The summed E-state index contributed by atoms with van der Waals surface area (Å²) in [6.07, 6.45) is 4.79. The molecule has 2 heterocycles. The van der Waals surface area contributed by atoms with Gasteiger partial charge in [-0.05, 0) is 49.9 Å². The van der Waals surface area contributed by atoms with Crippen LogP contribution in [0.3, 0.4) is 0 Å². The number of benzene rings is 1. The fourth-order valence-electron chi connectivity index (χ4n) is 3.71. The number of rotatable bonds is 10. The van der Waals surface area contributed by atoms with E-state index in [-0.39, 0.29) is 24.0 Å². The molecule has 3 rings (SSSR count). The quantitative estimate of drug-likeness (QED) is 0.217. The maximum Gasteiger partial charge on any atom is 0.191 e. The molecule has 2 fully saturated rings. The van der Waals surface area contributed by atoms with Gasteiger partial charge >= 0.3 is 0 Å². The van der Waals surface area contributed by atoms with Gasteiger partial charge in [-0.3, -0.25) is 9.89 Å². The van der Waals surface area contributed by atoms with Crippen LogP contribution in [0.25, 0.3) is 0 Å². The minimum atomic E-state index is 0. The van der Waals surface area contributed by atoms with Gasteiger partial charge < -0.3 is 20.1 Å². The Kier molecular flexibility index (Phi) is 11.9. The number of nitrogens with zero attached hydrogens (tertiary/aromatic N) is 2. The fraction of sp³-hybridized carbons (Fsp3) is 0.682. The van der Waals surface area contributed by atoms with E-state index in [1.54, 1.807) is 0 Å². The van der Waals surface area contributed by atoms with E-state index >= 15 is 0 Å². The van der Waals surface area contributed by atoms with Crippen molar-refractivity contribution in [1.29, 1.82) is 0 Å². The Bertz CT molecular complexity index is 585. The minimum absolute atomic E-state index is 0. The van der Waals surface area contributed by atoms with E-state index in [1.165, 1.54) is 37.1 Å². The number of halogens is 1. The fourth-order valence-corrected chi connectivity index (χ4v) is 3.71. The smallest absolute Gasteiger partial charge is 0.191 e. The van der Waals surface area contributed by atoms with Crippen molar-refractivity contribution >= 4 is 29.9 Å². The van der Waals surface area contributed by atoms with Gasteiger partial charge in [-0.2, -0.15) is 0 Å². The average molecular weight is 516 g/mol. The molecule has 6 nitrogen and oxygen atoms in total. The van der Waals surface area contributed by atoms with E-state index in [0.29, 0.717) is 5.92 Å². The van der Waals surface area contributed by atoms with Crippen molar-refractivity contribution in [3.05, 3.63) is 35.4 Å². The van der Waals surface area contributed by atoms with E-state index < -0.39 is 0 Å². The highest BCUT2D eigenvalue weighted by Crippen LogP contribution is 2.13. The lowest BCUT2D eigenvalue weighted by atomic mass is 10.1. The molecular formula is C22H37IN4O2. The third-order valence-electron chi connectivity index (χ3n) is 5.45. The summed E-state index contributed by atoms with van der Waals surface area (Å²) in [4.78, 5) is 6.83. The highest BCUT2D eigenvalue weighted by molar-refractivity contribution is 14.0. The summed E-state index contributed by atoms with van der Waals surface area (Å²) < 4.78 is 11.1. The van der Waals surface area contributed by atoms with Crippen molar-refractivity contribution < 1.29 is 9.47 Å². The molecule has 0 amide bonds. The first-order chi connectivity index (χ1) is 13.8. The van der Waals surface area contributed by atoms with Crippen LogP contribution in [0, 0.1) is 5.92 Å². The number of nitrogens with one attached hydrogen (secondary N) is 2. The third-order valence-corrected chi connectivity index (χ3v) is 5.45. The van der Waals surface area contributed by atoms with Gasteiger partial charge in [-0.15, -0.1) is 24.0 Å². The second-order valence-corrected chi connectivity index (χ2v) is 7.81. The number of guanidine groups is 1. The van der Waals surface area contributed by atoms with Crippen LogP contribution in [0.2, 0.25) is 0 Å². The predicted molar refractivity (Wildman–Crippen MR) is 129 cm³/mol. The Morgan fingerprint density at radius 1 is 1.17 bits per heavy atom. The number of aliphatic imine (C=N–C) groups is 1. The molecule has 1 aromatic carbocycles. The predicted octanol–water partition coefficient (Wildman–Crippen LogP) is 3.01. The van der Waals surface area contributed by atoms with Gasteiger partial charge in [-0.1, -0.05) is 24.3 Å². The van der Waals surface area contributed by atoms with Crippen molar-refractivity contribution in [1.82, 2.24) is 15.5 Å². The molecule has 0 spiro atoms. The maximum absolute atomic E-state index is 5.74. The van der Waals surface area contributed by atoms with Gasteiger partial charge in [0.05, 0.1) is 13.2 Å². The molecule has 29 heavy (non-hydrogen) atoms. The minimum Gasteiger partial charge on any atom is -0.381 e. The zero-order valence-corrected chi connectivity index (χ0v) is 20.0. The Balaban J connectivity index is 0.00000300. The van der Waals surface area contributed by atoms with E-state index in [0.717, 1.165) is 64.9 Å². The molecule has 0 bridgehead atoms. The van der Waals surface area contributed by atoms with Crippen LogP contribution in [0.15, 0.2) is 29.3 Å². The second kappa shape index (κ2) is 14.2. The van der Waals surface area contributed by atoms with Gasteiger partial charge in [0.25, 0.3) is 0 Å². The van der Waals surface area contributed by atoms with E-state index in [1.807, 2.05) is 7.05 Å². The molecule has 1 aromatic rings. The molecule has 2 aliphatic rings. The zero-order valence-electron chi connectivity index (χ0n) is 17.7. The summed E-state index contributed by atoms with van der Waals surface area (Å²) in [6.45, 7) is 8.54. The van der Waals surface area contributed by atoms with Crippen LogP contribution in [-0.2, 0) is 22.6 Å². The van der Waals surface area contributed by atoms with Crippen LogP contribution in [-0.4, -0.2) is 64.0 Å². The standard InChI is InChI=1S/C22H36N4O2.HI/c1-23-22(24-10-4-13-27-17-21-9-14-28-18-21)25-15-19-5-7-20(8-6-19)16-26-11-2-3-12-26;/h5-8,21H,2-4,9-18H2,1H3,(H2,23,24,25);1H. The SMILES string of the molecule is CN=C(NCCCOCC1CCOC1)NCc1ccc(CN2CCCC2)cc1.I. The van der Waals surface area contributed by atoms with Crippen LogP contribution >= 0.6 is 24.0 Å². The third kappa shape index (κ3) is 9.19.